The normalized spacial score (nSPS) is 14.8. The third kappa shape index (κ3) is 38.1. The molecule has 5 heterocycles. The van der Waals surface area contributed by atoms with Crippen LogP contribution < -0.4 is 0 Å². The summed E-state index contributed by atoms with van der Waals surface area (Å²) in [5, 5.41) is 0. The Balaban J connectivity index is 0.0000269. The zero-order valence-electron chi connectivity index (χ0n) is 76.0. The number of unbranched alkanes of at least 4 members (excludes halogenated alkanes) is 40. The number of nitrogens with one attached hydrogen (secondary N) is 2. The van der Waals surface area contributed by atoms with Crippen molar-refractivity contribution in [2.45, 2.75) is 468 Å². The monoisotopic (exact) mass is 1670 g/mol. The molecule has 13 heteroatoms. The maximum absolute atomic E-state index is 7.24. The van der Waals surface area contributed by atoms with Crippen molar-refractivity contribution in [3.8, 4) is 0 Å². The van der Waals surface area contributed by atoms with Gasteiger partial charge in [0.25, 0.3) is 0 Å². The van der Waals surface area contributed by atoms with Crippen LogP contribution in [-0.2, 0) is 58.3 Å². The summed E-state index contributed by atoms with van der Waals surface area (Å²) in [5.41, 5.74) is 16.0. The summed E-state index contributed by atoms with van der Waals surface area (Å²) >= 11 is 0. The molecule has 0 radical (unpaired) electrons. The average Bonchev–Trinajstić information content (AvgIpc) is 1.59. The van der Waals surface area contributed by atoms with Gasteiger partial charge in [-0.3, -0.25) is 0 Å². The number of nitrogens with zero attached hydrogens (tertiary/aromatic N) is 2. The number of aromatic nitrogens is 4. The zero-order chi connectivity index (χ0) is 80.8. The predicted molar refractivity (Wildman–Crippen MR) is 481 cm³/mol. The largest absolute Gasteiger partial charge is 2.00 e. The summed E-state index contributed by atoms with van der Waals surface area (Å²) in [5.74, 6) is 0. The molecule has 650 valence electrons. The van der Waals surface area contributed by atoms with Gasteiger partial charge in [-0.25, -0.2) is 9.97 Å². The molecular weight excluding hydrogens is 1490 g/mol. The Hall–Kier alpha value is -3.06. The molecule has 0 aromatic carbocycles. The zero-order valence-corrected chi connectivity index (χ0v) is 77.6. The van der Waals surface area contributed by atoms with Crippen molar-refractivity contribution in [3.63, 3.8) is 0 Å². The third-order valence-corrected chi connectivity index (χ3v) is 23.7. The van der Waals surface area contributed by atoms with Crippen molar-refractivity contribution >= 4 is 44.4 Å². The summed E-state index contributed by atoms with van der Waals surface area (Å²) < 4.78 is 57.9. The summed E-state index contributed by atoms with van der Waals surface area (Å²) in [6.45, 7) is 41.9. The Labute approximate surface area is 708 Å². The molecule has 0 fully saturated rings. The molecule has 2 N–H and O–H groups in total. The van der Waals surface area contributed by atoms with Gasteiger partial charge in [0.15, 0.2) is 0 Å². The summed E-state index contributed by atoms with van der Waals surface area (Å²) in [4.78, 5) is 20.5. The van der Waals surface area contributed by atoms with Gasteiger partial charge in [-0.15, -0.1) is 0 Å². The van der Waals surface area contributed by atoms with E-state index in [1.807, 2.05) is 0 Å². The van der Waals surface area contributed by atoms with Crippen molar-refractivity contribution in [2.24, 2.45) is 0 Å². The molecule has 2 aliphatic heterocycles. The van der Waals surface area contributed by atoms with E-state index in [9.17, 15) is 0 Å². The first-order valence-corrected chi connectivity index (χ1v) is 48.0. The Morgan fingerprint density at radius 3 is 0.487 bits per heavy atom. The van der Waals surface area contributed by atoms with Crippen molar-refractivity contribution in [1.82, 2.24) is 19.9 Å². The van der Waals surface area contributed by atoms with Crippen LogP contribution in [-0.4, -0.2) is 97.2 Å². The van der Waals surface area contributed by atoms with E-state index >= 15 is 0 Å². The van der Waals surface area contributed by atoms with Gasteiger partial charge in [0.2, 0.25) is 0 Å². The molecule has 3 aromatic heterocycles. The molecule has 12 nitrogen and oxygen atoms in total. The summed E-state index contributed by atoms with van der Waals surface area (Å²) in [6, 6.07) is 9.39. The van der Waals surface area contributed by atoms with Crippen molar-refractivity contribution < 1.29 is 58.3 Å². The van der Waals surface area contributed by atoms with Crippen LogP contribution in [0.2, 0.25) is 0 Å². The minimum absolute atomic E-state index is 0. The van der Waals surface area contributed by atoms with Crippen molar-refractivity contribution in [1.29, 1.82) is 0 Å². The molecule has 3 aromatic rings. The fourth-order valence-electron chi connectivity index (χ4n) is 16.9. The molecular formula is C100H174N4O8Pd+2. The van der Waals surface area contributed by atoms with Crippen LogP contribution in [0.4, 0.5) is 0 Å². The van der Waals surface area contributed by atoms with Crippen molar-refractivity contribution in [3.05, 3.63) is 69.3 Å². The predicted octanol–water partition coefficient (Wildman–Crippen LogP) is 30.9. The molecule has 0 aliphatic carbocycles. The number of fused-ring (bicyclic) bond motifs is 8. The maximum atomic E-state index is 7.24. The van der Waals surface area contributed by atoms with Crippen LogP contribution >= 0.6 is 0 Å². The van der Waals surface area contributed by atoms with Gasteiger partial charge in [0, 0.05) is 119 Å². The first-order chi connectivity index (χ1) is 54.7. The molecule has 0 amide bonds. The number of hydrogen-bond donors (Lipinski definition) is 2. The van der Waals surface area contributed by atoms with Crippen LogP contribution in [0.1, 0.15) is 488 Å². The van der Waals surface area contributed by atoms with Crippen LogP contribution in [0, 0.1) is 0 Å². The molecule has 0 saturated carbocycles. The smallest absolute Gasteiger partial charge is 0.374 e. The molecule has 8 bridgehead atoms. The van der Waals surface area contributed by atoms with Gasteiger partial charge < -0.3 is 47.9 Å². The molecule has 5 rings (SSSR count). The molecule has 2 aliphatic rings. The molecule has 0 saturated heterocycles. The van der Waals surface area contributed by atoms with Gasteiger partial charge in [-0.1, -0.05) is 312 Å². The van der Waals surface area contributed by atoms with E-state index in [1.54, 1.807) is 0 Å². The minimum atomic E-state index is -0.313. The van der Waals surface area contributed by atoms with Gasteiger partial charge in [0.1, 0.15) is 0 Å². The Morgan fingerprint density at radius 1 is 0.204 bits per heavy atom. The first-order valence-electron chi connectivity index (χ1n) is 48.0. The molecule has 8 atom stereocenters. The standard InChI is InChI=1S/C100H174N4O8.Pd/c1-17-25-33-41-49-57-65-105-77(9)93-85-73-87-95(79(11)107-67-59-51-43-35-27-19-3)97(81(13)109-69-61-53-45-37-29-21-5)89(102-87)75-91-99(83(15)111-71-63-55-47-39-31-23-7)100(84(16)112-72-64-56-48-40-32-24-8)92(104-91)76-90-98(82(14)110-70-62-54-46-38-30-22-6)96(80(12)108-68-60-52-44-36-28-20-4)88(103-90)74-86(101-85)94(93)78(10)106-66-58-50-42-34-26-18-2;/h73-84,101,104H,17-72H2,1-16H3;/q;+2. The second kappa shape index (κ2) is 63.9. The Kier molecular flexibility index (Phi) is 57.8. The van der Waals surface area contributed by atoms with E-state index in [-0.39, 0.29) is 69.3 Å². The van der Waals surface area contributed by atoms with Gasteiger partial charge in [-0.2, -0.15) is 0 Å². The molecule has 8 unspecified atom stereocenters. The van der Waals surface area contributed by atoms with Crippen LogP contribution in [0.15, 0.2) is 24.3 Å². The van der Waals surface area contributed by atoms with E-state index in [2.05, 4.69) is 145 Å². The van der Waals surface area contributed by atoms with Gasteiger partial charge in [0.05, 0.1) is 71.6 Å². The number of hydrogen-bond acceptors (Lipinski definition) is 10. The van der Waals surface area contributed by atoms with Crippen LogP contribution in [0.25, 0.3) is 44.4 Å². The third-order valence-electron chi connectivity index (χ3n) is 23.7. The SMILES string of the molecule is CCCCCCCCOC(C)C1=C(C(C)OCCCCCCCC)c2cc3[nH]c(cc4nc(cc5[nH]c(cc1n2)c(C(C)OCCCCCCCC)c5C(C)OCCCCCCCC)C(C(C)OCCCCCCCC)=C4C(C)OCCCCCCCC)c(C(C)OCCCCCCCC)c3C(C)OCCCCCCCC.[Pd+2]. The second-order valence-corrected chi connectivity index (χ2v) is 33.8. The first kappa shape index (κ1) is 102. The summed E-state index contributed by atoms with van der Waals surface area (Å²) in [7, 11) is 0. The average molecular weight is 1670 g/mol. The van der Waals surface area contributed by atoms with Crippen LogP contribution in [0.3, 0.4) is 0 Å². The molecule has 113 heavy (non-hydrogen) atoms. The maximum Gasteiger partial charge on any atom is 2.00 e. The number of H-pyrrole nitrogens is 2. The molecule has 0 spiro atoms. The second-order valence-electron chi connectivity index (χ2n) is 33.8. The number of rotatable bonds is 72. The number of aromatic amines is 2. The fraction of sp³-hybridized carbons (Fsp3) is 0.800. The summed E-state index contributed by atoms with van der Waals surface area (Å²) in [6.07, 6.45) is 54.7. The quantitative estimate of drug-likeness (QED) is 0.0416. The fourth-order valence-corrected chi connectivity index (χ4v) is 16.9. The van der Waals surface area contributed by atoms with E-state index in [1.165, 1.54) is 205 Å². The van der Waals surface area contributed by atoms with Gasteiger partial charge >= 0.3 is 20.4 Å². The Bertz CT molecular complexity index is 2740. The van der Waals surface area contributed by atoms with E-state index in [4.69, 9.17) is 47.9 Å². The van der Waals surface area contributed by atoms with E-state index < -0.39 is 0 Å². The minimum Gasteiger partial charge on any atom is -0.374 e. The topological polar surface area (TPSA) is 131 Å². The van der Waals surface area contributed by atoms with E-state index in [0.717, 1.165) is 192 Å². The number of ether oxygens (including phenoxy) is 8. The van der Waals surface area contributed by atoms with Gasteiger partial charge in [-0.05, 0) is 131 Å². The van der Waals surface area contributed by atoms with Crippen LogP contribution in [0.5, 0.6) is 0 Å². The van der Waals surface area contributed by atoms with E-state index in [0.29, 0.717) is 52.9 Å². The Morgan fingerprint density at radius 2 is 0.336 bits per heavy atom. The van der Waals surface area contributed by atoms with Crippen molar-refractivity contribution in [2.75, 3.05) is 52.9 Å².